The maximum atomic E-state index is 13.0. The summed E-state index contributed by atoms with van der Waals surface area (Å²) in [6.45, 7) is 5.72. The number of carbonyl (C=O) groups excluding carboxylic acids is 3. The zero-order chi connectivity index (χ0) is 21.8. The van der Waals surface area contributed by atoms with Gasteiger partial charge in [-0.2, -0.15) is 0 Å². The van der Waals surface area contributed by atoms with Crippen LogP contribution < -0.4 is 0 Å². The minimum atomic E-state index is -1.79. The number of hydrogen-bond donors (Lipinski definition) is 2. The van der Waals surface area contributed by atoms with Crippen molar-refractivity contribution >= 4 is 33.7 Å². The standard InChI is InChI=1S/C19H28BrNO8/c1-11(2)13-10-28-18(25)21(13)17(24)12(3)16-14(23)9-15(20)19(26,29-16)5-4-7-27-8-6-22/h9,11-13,16,22,26H,4-8,10H2,1-3H3. The third-order valence-electron chi connectivity index (χ3n) is 5.04. The highest BCUT2D eigenvalue weighted by Gasteiger charge is 2.48. The summed E-state index contributed by atoms with van der Waals surface area (Å²) in [4.78, 5) is 38.6. The monoisotopic (exact) mass is 477 g/mol. The minimum absolute atomic E-state index is 0.00882. The molecular weight excluding hydrogens is 450 g/mol. The molecule has 1 fully saturated rings. The van der Waals surface area contributed by atoms with Gasteiger partial charge < -0.3 is 24.4 Å². The second kappa shape index (κ2) is 10.1. The van der Waals surface area contributed by atoms with Gasteiger partial charge in [-0.25, -0.2) is 9.69 Å². The number of hydrogen-bond acceptors (Lipinski definition) is 8. The highest BCUT2D eigenvalue weighted by molar-refractivity contribution is 9.11. The van der Waals surface area contributed by atoms with Crippen molar-refractivity contribution in [3.63, 3.8) is 0 Å². The van der Waals surface area contributed by atoms with E-state index in [1.807, 2.05) is 13.8 Å². The van der Waals surface area contributed by atoms with Gasteiger partial charge in [-0.15, -0.1) is 0 Å². The van der Waals surface area contributed by atoms with E-state index in [2.05, 4.69) is 15.9 Å². The van der Waals surface area contributed by atoms with Gasteiger partial charge in [0.05, 0.1) is 29.7 Å². The van der Waals surface area contributed by atoms with E-state index in [0.717, 1.165) is 4.90 Å². The Hall–Kier alpha value is -1.33. The lowest BCUT2D eigenvalue weighted by molar-refractivity contribution is -0.217. The summed E-state index contributed by atoms with van der Waals surface area (Å²) in [6, 6.07) is -0.416. The van der Waals surface area contributed by atoms with E-state index in [-0.39, 0.29) is 43.2 Å². The number of cyclic esters (lactones) is 1. The van der Waals surface area contributed by atoms with Crippen LogP contribution in [-0.4, -0.2) is 77.3 Å². The molecule has 0 aromatic rings. The topological polar surface area (TPSA) is 123 Å². The number of halogens is 1. The maximum Gasteiger partial charge on any atom is 0.416 e. The molecule has 0 aliphatic carbocycles. The Morgan fingerprint density at radius 1 is 1.38 bits per heavy atom. The zero-order valence-corrected chi connectivity index (χ0v) is 18.4. The highest BCUT2D eigenvalue weighted by atomic mass is 79.9. The van der Waals surface area contributed by atoms with Gasteiger partial charge in [0.25, 0.3) is 0 Å². The molecule has 0 spiro atoms. The Balaban J connectivity index is 2.11. The summed E-state index contributed by atoms with van der Waals surface area (Å²) >= 11 is 3.17. The van der Waals surface area contributed by atoms with E-state index in [1.54, 1.807) is 0 Å². The van der Waals surface area contributed by atoms with Crippen LogP contribution in [0.5, 0.6) is 0 Å². The average molecular weight is 478 g/mol. The van der Waals surface area contributed by atoms with Crippen LogP contribution in [0, 0.1) is 11.8 Å². The first-order valence-corrected chi connectivity index (χ1v) is 10.4. The Labute approximate surface area is 178 Å². The van der Waals surface area contributed by atoms with Gasteiger partial charge in [0.15, 0.2) is 11.6 Å². The molecule has 164 valence electrons. The Morgan fingerprint density at radius 3 is 2.69 bits per heavy atom. The van der Waals surface area contributed by atoms with E-state index >= 15 is 0 Å². The van der Waals surface area contributed by atoms with E-state index < -0.39 is 41.6 Å². The van der Waals surface area contributed by atoms with Crippen molar-refractivity contribution in [1.29, 1.82) is 0 Å². The molecule has 10 heteroatoms. The molecule has 0 aromatic heterocycles. The first-order chi connectivity index (χ1) is 13.6. The van der Waals surface area contributed by atoms with Crippen molar-refractivity contribution in [3.05, 3.63) is 10.6 Å². The van der Waals surface area contributed by atoms with Crippen molar-refractivity contribution in [2.75, 3.05) is 26.4 Å². The number of nitrogens with zero attached hydrogens (tertiary/aromatic N) is 1. The molecule has 2 aliphatic rings. The van der Waals surface area contributed by atoms with Gasteiger partial charge in [-0.3, -0.25) is 9.59 Å². The number of aliphatic hydroxyl groups is 2. The van der Waals surface area contributed by atoms with Gasteiger partial charge in [0.1, 0.15) is 12.7 Å². The number of carbonyl (C=O) groups is 3. The van der Waals surface area contributed by atoms with E-state index in [4.69, 9.17) is 19.3 Å². The molecule has 2 amide bonds. The van der Waals surface area contributed by atoms with Crippen LogP contribution in [0.2, 0.25) is 0 Å². The fourth-order valence-electron chi connectivity index (χ4n) is 3.28. The number of ether oxygens (including phenoxy) is 3. The molecule has 2 rings (SSSR count). The van der Waals surface area contributed by atoms with Crippen LogP contribution in [0.3, 0.4) is 0 Å². The summed E-state index contributed by atoms with van der Waals surface area (Å²) in [5, 5.41) is 19.6. The molecule has 9 nitrogen and oxygen atoms in total. The highest BCUT2D eigenvalue weighted by Crippen LogP contribution is 2.37. The second-order valence-electron chi connectivity index (χ2n) is 7.54. The molecule has 0 aromatic carbocycles. The van der Waals surface area contributed by atoms with Crippen molar-refractivity contribution in [1.82, 2.24) is 4.90 Å². The molecule has 4 atom stereocenters. The van der Waals surface area contributed by atoms with E-state index in [1.165, 1.54) is 13.0 Å². The van der Waals surface area contributed by atoms with Crippen molar-refractivity contribution in [2.45, 2.75) is 51.5 Å². The Morgan fingerprint density at radius 2 is 2.07 bits per heavy atom. The van der Waals surface area contributed by atoms with Gasteiger partial charge in [-0.1, -0.05) is 20.8 Å². The normalized spacial score (nSPS) is 28.5. The first-order valence-electron chi connectivity index (χ1n) is 9.62. The maximum absolute atomic E-state index is 13.0. The van der Waals surface area contributed by atoms with E-state index in [0.29, 0.717) is 6.42 Å². The molecule has 2 aliphatic heterocycles. The van der Waals surface area contributed by atoms with Crippen LogP contribution >= 0.6 is 15.9 Å². The van der Waals surface area contributed by atoms with Crippen molar-refractivity contribution in [2.24, 2.45) is 11.8 Å². The van der Waals surface area contributed by atoms with Crippen LogP contribution in [0.4, 0.5) is 4.79 Å². The van der Waals surface area contributed by atoms with Gasteiger partial charge in [0.2, 0.25) is 5.91 Å². The molecule has 0 bridgehead atoms. The fourth-order valence-corrected chi connectivity index (χ4v) is 3.80. The molecule has 1 saturated heterocycles. The third-order valence-corrected chi connectivity index (χ3v) is 5.89. The summed E-state index contributed by atoms with van der Waals surface area (Å²) in [5.74, 6) is -3.86. The molecular formula is C19H28BrNO8. The van der Waals surface area contributed by atoms with Crippen LogP contribution in [0.25, 0.3) is 0 Å². The average Bonchev–Trinajstić information content (AvgIpc) is 3.05. The number of amides is 2. The fraction of sp³-hybridized carbons (Fsp3) is 0.737. The van der Waals surface area contributed by atoms with Crippen LogP contribution in [0.15, 0.2) is 10.6 Å². The number of rotatable bonds is 9. The smallest absolute Gasteiger partial charge is 0.416 e. The molecule has 2 heterocycles. The Bertz CT molecular complexity index is 667. The lowest BCUT2D eigenvalue weighted by Crippen LogP contribution is -2.52. The summed E-state index contributed by atoms with van der Waals surface area (Å²) in [5.41, 5.74) is 0. The summed E-state index contributed by atoms with van der Waals surface area (Å²) in [7, 11) is 0. The number of imide groups is 1. The minimum Gasteiger partial charge on any atom is -0.447 e. The lowest BCUT2D eigenvalue weighted by atomic mass is 9.93. The number of ketones is 1. The number of aliphatic hydroxyl groups excluding tert-OH is 1. The summed E-state index contributed by atoms with van der Waals surface area (Å²) < 4.78 is 16.0. The van der Waals surface area contributed by atoms with Gasteiger partial charge in [-0.05, 0) is 34.3 Å². The zero-order valence-electron chi connectivity index (χ0n) is 16.8. The predicted molar refractivity (Wildman–Crippen MR) is 105 cm³/mol. The van der Waals surface area contributed by atoms with Gasteiger partial charge in [0, 0.05) is 13.0 Å². The Kier molecular flexibility index (Phi) is 8.36. The van der Waals surface area contributed by atoms with Gasteiger partial charge >= 0.3 is 6.09 Å². The summed E-state index contributed by atoms with van der Waals surface area (Å²) in [6.07, 6.45) is -0.267. The van der Waals surface area contributed by atoms with Crippen LogP contribution in [0.1, 0.15) is 33.6 Å². The first kappa shape index (κ1) is 23.9. The van der Waals surface area contributed by atoms with Crippen LogP contribution in [-0.2, 0) is 23.8 Å². The van der Waals surface area contributed by atoms with Crippen molar-refractivity contribution in [3.8, 4) is 0 Å². The quantitative estimate of drug-likeness (QED) is 0.477. The SMILES string of the molecule is CC(C)C1COC(=O)N1C(=O)C(C)C1OC(O)(CCCOCCO)C(Br)=CC1=O. The molecule has 29 heavy (non-hydrogen) atoms. The molecule has 0 radical (unpaired) electrons. The lowest BCUT2D eigenvalue weighted by Gasteiger charge is -2.38. The molecule has 0 saturated carbocycles. The van der Waals surface area contributed by atoms with E-state index in [9.17, 15) is 19.5 Å². The molecule has 2 N–H and O–H groups in total. The second-order valence-corrected chi connectivity index (χ2v) is 8.40. The predicted octanol–water partition coefficient (Wildman–Crippen LogP) is 1.35. The third kappa shape index (κ3) is 5.43. The van der Waals surface area contributed by atoms with Crippen molar-refractivity contribution < 1.29 is 38.8 Å². The molecule has 4 unspecified atom stereocenters. The largest absolute Gasteiger partial charge is 0.447 e.